The molecule has 1 unspecified atom stereocenters. The molecule has 1 saturated heterocycles. The molecule has 2 N–H and O–H groups in total. The highest BCUT2D eigenvalue weighted by atomic mass is 19.1. The molecule has 2 aliphatic rings. The molecular formula is C16H22FNO2. The molecule has 0 radical (unpaired) electrons. The van der Waals surface area contributed by atoms with Crippen molar-refractivity contribution in [3.8, 4) is 5.75 Å². The predicted molar refractivity (Wildman–Crippen MR) is 76.2 cm³/mol. The van der Waals surface area contributed by atoms with Crippen LogP contribution in [-0.4, -0.2) is 18.3 Å². The number of hydrogen-bond donors (Lipinski definition) is 1. The molecule has 1 aromatic carbocycles. The zero-order chi connectivity index (χ0) is 14.0. The lowest BCUT2D eigenvalue weighted by atomic mass is 9.79. The van der Waals surface area contributed by atoms with Crippen molar-refractivity contribution in [3.63, 3.8) is 0 Å². The Labute approximate surface area is 119 Å². The van der Waals surface area contributed by atoms with Crippen molar-refractivity contribution in [3.05, 3.63) is 24.0 Å². The van der Waals surface area contributed by atoms with Gasteiger partial charge in [-0.15, -0.1) is 0 Å². The summed E-state index contributed by atoms with van der Waals surface area (Å²) in [6.45, 7) is 0.738. The summed E-state index contributed by atoms with van der Waals surface area (Å²) in [7, 11) is 0. The topological polar surface area (TPSA) is 44.5 Å². The zero-order valence-electron chi connectivity index (χ0n) is 11.7. The maximum Gasteiger partial charge on any atom is 0.149 e. The summed E-state index contributed by atoms with van der Waals surface area (Å²) in [5.41, 5.74) is 5.65. The van der Waals surface area contributed by atoms with Gasteiger partial charge < -0.3 is 15.2 Å². The highest BCUT2D eigenvalue weighted by Gasteiger charge is 2.39. The molecule has 1 heterocycles. The van der Waals surface area contributed by atoms with E-state index >= 15 is 0 Å². The molecule has 4 heteroatoms. The Balaban J connectivity index is 1.66. The first-order valence-electron chi connectivity index (χ1n) is 7.53. The summed E-state index contributed by atoms with van der Waals surface area (Å²) in [6.07, 6.45) is 7.94. The van der Waals surface area contributed by atoms with E-state index < -0.39 is 5.82 Å². The first kappa shape index (κ1) is 13.7. The van der Waals surface area contributed by atoms with E-state index in [1.807, 2.05) is 0 Å². The third kappa shape index (κ3) is 2.90. The fraction of sp³-hybridized carbons (Fsp3) is 0.625. The number of anilines is 1. The van der Waals surface area contributed by atoms with Crippen molar-refractivity contribution in [2.75, 3.05) is 12.3 Å². The van der Waals surface area contributed by atoms with Crippen LogP contribution in [0, 0.1) is 5.82 Å². The Bertz CT molecular complexity index is 466. The molecule has 0 aromatic heterocycles. The Morgan fingerprint density at radius 3 is 2.80 bits per heavy atom. The van der Waals surface area contributed by atoms with Crippen molar-refractivity contribution in [2.24, 2.45) is 0 Å². The van der Waals surface area contributed by atoms with Crippen molar-refractivity contribution in [1.82, 2.24) is 0 Å². The maximum absolute atomic E-state index is 13.5. The monoisotopic (exact) mass is 279 g/mol. The van der Waals surface area contributed by atoms with E-state index in [1.54, 1.807) is 12.1 Å². The van der Waals surface area contributed by atoms with Crippen molar-refractivity contribution in [1.29, 1.82) is 0 Å². The normalized spacial score (nSPS) is 25.6. The van der Waals surface area contributed by atoms with Gasteiger partial charge in [0.25, 0.3) is 0 Å². The first-order chi connectivity index (χ1) is 9.67. The molecule has 3 nitrogen and oxygen atoms in total. The van der Waals surface area contributed by atoms with Gasteiger partial charge in [-0.25, -0.2) is 4.39 Å². The van der Waals surface area contributed by atoms with Crippen LogP contribution >= 0.6 is 0 Å². The summed E-state index contributed by atoms with van der Waals surface area (Å²) < 4.78 is 25.4. The molecule has 1 aromatic rings. The van der Waals surface area contributed by atoms with Gasteiger partial charge >= 0.3 is 0 Å². The van der Waals surface area contributed by atoms with Crippen molar-refractivity contribution >= 4 is 5.69 Å². The molecule has 0 bridgehead atoms. The smallest absolute Gasteiger partial charge is 0.149 e. The second kappa shape index (κ2) is 5.60. The Kier molecular flexibility index (Phi) is 3.83. The van der Waals surface area contributed by atoms with E-state index in [9.17, 15) is 4.39 Å². The van der Waals surface area contributed by atoms with Gasteiger partial charge in [-0.3, -0.25) is 0 Å². The quantitative estimate of drug-likeness (QED) is 0.840. The average Bonchev–Trinajstić information content (AvgIpc) is 2.44. The molecule has 1 aliphatic carbocycles. The van der Waals surface area contributed by atoms with Gasteiger partial charge in [0.1, 0.15) is 17.7 Å². The fourth-order valence-electron chi connectivity index (χ4n) is 3.40. The Hall–Kier alpha value is -1.29. The fourth-order valence-corrected chi connectivity index (χ4v) is 3.40. The Morgan fingerprint density at radius 1 is 1.25 bits per heavy atom. The number of ether oxygens (including phenoxy) is 2. The van der Waals surface area contributed by atoms with E-state index in [2.05, 4.69) is 0 Å². The summed E-state index contributed by atoms with van der Waals surface area (Å²) in [5.74, 6) is 0.150. The first-order valence-corrected chi connectivity index (χ1v) is 7.53. The lowest BCUT2D eigenvalue weighted by Crippen LogP contribution is -2.45. The van der Waals surface area contributed by atoms with Crippen LogP contribution in [0.3, 0.4) is 0 Å². The van der Waals surface area contributed by atoms with Gasteiger partial charge in [-0.05, 0) is 25.0 Å². The van der Waals surface area contributed by atoms with Crippen LogP contribution in [0.4, 0.5) is 10.1 Å². The second-order valence-corrected chi connectivity index (χ2v) is 6.01. The summed E-state index contributed by atoms with van der Waals surface area (Å²) in [4.78, 5) is 0. The predicted octanol–water partition coefficient (Wildman–Crippen LogP) is 3.67. The number of halogens is 1. The van der Waals surface area contributed by atoms with Crippen molar-refractivity contribution < 1.29 is 13.9 Å². The minimum Gasteiger partial charge on any atom is -0.490 e. The van der Waals surface area contributed by atoms with E-state index in [0.717, 1.165) is 32.3 Å². The lowest BCUT2D eigenvalue weighted by Gasteiger charge is -2.43. The summed E-state index contributed by atoms with van der Waals surface area (Å²) >= 11 is 0. The highest BCUT2D eigenvalue weighted by Crippen LogP contribution is 2.39. The molecule has 1 spiro atoms. The Morgan fingerprint density at radius 2 is 2.05 bits per heavy atom. The maximum atomic E-state index is 13.5. The van der Waals surface area contributed by atoms with Crippen LogP contribution in [-0.2, 0) is 4.74 Å². The molecule has 1 saturated carbocycles. The molecule has 20 heavy (non-hydrogen) atoms. The molecule has 1 atom stereocenters. The number of rotatable bonds is 2. The van der Waals surface area contributed by atoms with Gasteiger partial charge in [-0.2, -0.15) is 0 Å². The van der Waals surface area contributed by atoms with E-state index in [-0.39, 0.29) is 17.4 Å². The van der Waals surface area contributed by atoms with Crippen LogP contribution in [0.2, 0.25) is 0 Å². The largest absolute Gasteiger partial charge is 0.490 e. The number of nitrogen functional groups attached to an aromatic ring is 1. The number of benzene rings is 1. The molecular weight excluding hydrogens is 257 g/mol. The summed E-state index contributed by atoms with van der Waals surface area (Å²) in [5, 5.41) is 0. The third-order valence-electron chi connectivity index (χ3n) is 4.49. The van der Waals surface area contributed by atoms with E-state index in [4.69, 9.17) is 15.2 Å². The van der Waals surface area contributed by atoms with Gasteiger partial charge in [0.2, 0.25) is 0 Å². The van der Waals surface area contributed by atoms with E-state index in [1.165, 1.54) is 25.3 Å². The van der Waals surface area contributed by atoms with Crippen LogP contribution < -0.4 is 10.5 Å². The van der Waals surface area contributed by atoms with E-state index in [0.29, 0.717) is 5.75 Å². The SMILES string of the molecule is Nc1ccc(OC2CCOC3(CCCCC3)C2)cc1F. The minimum absolute atomic E-state index is 0.00746. The summed E-state index contributed by atoms with van der Waals surface area (Å²) in [6, 6.07) is 4.67. The van der Waals surface area contributed by atoms with Gasteiger partial charge in [0.05, 0.1) is 17.9 Å². The third-order valence-corrected chi connectivity index (χ3v) is 4.49. The second-order valence-electron chi connectivity index (χ2n) is 6.01. The van der Waals surface area contributed by atoms with Crippen LogP contribution in [0.15, 0.2) is 18.2 Å². The van der Waals surface area contributed by atoms with Crippen LogP contribution in [0.25, 0.3) is 0 Å². The molecule has 2 fully saturated rings. The van der Waals surface area contributed by atoms with Crippen LogP contribution in [0.5, 0.6) is 5.75 Å². The van der Waals surface area contributed by atoms with Gasteiger partial charge in [0.15, 0.2) is 0 Å². The molecule has 1 aliphatic heterocycles. The van der Waals surface area contributed by atoms with Gasteiger partial charge in [-0.1, -0.05) is 19.3 Å². The highest BCUT2D eigenvalue weighted by molar-refractivity contribution is 5.43. The average molecular weight is 279 g/mol. The standard InChI is InChI=1S/C16H22FNO2/c17-14-10-12(4-5-15(14)18)20-13-6-9-19-16(11-13)7-2-1-3-8-16/h4-5,10,13H,1-3,6-9,11,18H2. The zero-order valence-corrected chi connectivity index (χ0v) is 11.7. The molecule has 110 valence electrons. The number of hydrogen-bond acceptors (Lipinski definition) is 3. The minimum atomic E-state index is -0.415. The molecule has 0 amide bonds. The lowest BCUT2D eigenvalue weighted by molar-refractivity contribution is -0.129. The van der Waals surface area contributed by atoms with Crippen LogP contribution in [0.1, 0.15) is 44.9 Å². The number of nitrogens with two attached hydrogens (primary N) is 1. The van der Waals surface area contributed by atoms with Crippen molar-refractivity contribution in [2.45, 2.75) is 56.7 Å². The molecule has 3 rings (SSSR count). The van der Waals surface area contributed by atoms with Gasteiger partial charge in [0, 0.05) is 18.9 Å².